The molecule has 0 fully saturated rings. The van der Waals surface area contributed by atoms with Crippen LogP contribution in [0.15, 0.2) is 211 Å². The van der Waals surface area contributed by atoms with E-state index in [0.717, 1.165) is 44.5 Å². The highest BCUT2D eigenvalue weighted by atomic mass is 32.1. The van der Waals surface area contributed by atoms with Crippen LogP contribution in [0.1, 0.15) is 0 Å². The summed E-state index contributed by atoms with van der Waals surface area (Å²) >= 11 is 3.69. The Bertz CT molecular complexity index is 3660. The lowest BCUT2D eigenvalue weighted by molar-refractivity contribution is 0.669. The third-order valence-corrected chi connectivity index (χ3v) is 14.7. The number of thiophene rings is 2. The van der Waals surface area contributed by atoms with E-state index in [1.54, 1.807) is 0 Å². The molecule has 0 aliphatic carbocycles. The van der Waals surface area contributed by atoms with E-state index in [0.29, 0.717) is 0 Å². The highest BCUT2D eigenvalue weighted by Gasteiger charge is 2.16. The van der Waals surface area contributed by atoms with Gasteiger partial charge in [-0.15, -0.1) is 22.7 Å². The zero-order chi connectivity index (χ0) is 41.4. The molecule has 0 saturated heterocycles. The standard InChI is InChI=1S/C58H34N2OS2/c1-3-11-43(51-13-5-7-27-59-51)41(9-1)39-19-25-57-49(33-39)47-31-37(17-23-55(47)62-57)35-15-21-53-45(29-35)46-30-36(16-22-54(46)61-53)38-18-24-56-48(32-38)50-34-40(20-26-58(50)63-56)42-10-2-4-12-44(42)52-14-6-8-28-60-52/h1-34H. The monoisotopic (exact) mass is 838 g/mol. The Hall–Kier alpha value is -7.70. The summed E-state index contributed by atoms with van der Waals surface area (Å²) in [6, 6.07) is 70.1. The van der Waals surface area contributed by atoms with Crippen molar-refractivity contribution in [3.8, 4) is 67.0 Å². The highest BCUT2D eigenvalue weighted by Crippen LogP contribution is 2.43. The molecule has 5 aromatic heterocycles. The summed E-state index contributed by atoms with van der Waals surface area (Å²) in [5.74, 6) is 0. The van der Waals surface area contributed by atoms with E-state index < -0.39 is 0 Å². The Kier molecular flexibility index (Phi) is 8.26. The van der Waals surface area contributed by atoms with Crippen LogP contribution in [0.5, 0.6) is 0 Å². The fourth-order valence-electron chi connectivity index (χ4n) is 9.35. The molecule has 3 nitrogen and oxygen atoms in total. The van der Waals surface area contributed by atoms with E-state index in [4.69, 9.17) is 4.42 Å². The normalized spacial score (nSPS) is 11.8. The van der Waals surface area contributed by atoms with Gasteiger partial charge in [-0.25, -0.2) is 0 Å². The van der Waals surface area contributed by atoms with Crippen molar-refractivity contribution in [2.24, 2.45) is 0 Å². The van der Waals surface area contributed by atoms with Gasteiger partial charge in [0.15, 0.2) is 0 Å². The Morgan fingerprint density at radius 2 is 0.619 bits per heavy atom. The second-order valence-electron chi connectivity index (χ2n) is 16.1. The summed E-state index contributed by atoms with van der Waals surface area (Å²) in [5.41, 5.74) is 15.5. The lowest BCUT2D eigenvalue weighted by Gasteiger charge is -2.10. The Balaban J connectivity index is 0.877. The van der Waals surface area contributed by atoms with E-state index >= 15 is 0 Å². The van der Waals surface area contributed by atoms with E-state index in [-0.39, 0.29) is 0 Å². The molecular formula is C58H34N2OS2. The van der Waals surface area contributed by atoms with Gasteiger partial charge in [-0.05, 0) is 142 Å². The number of fused-ring (bicyclic) bond motifs is 9. The van der Waals surface area contributed by atoms with Gasteiger partial charge in [-0.2, -0.15) is 0 Å². The maximum atomic E-state index is 6.45. The number of benzene rings is 8. The van der Waals surface area contributed by atoms with Crippen molar-refractivity contribution in [3.63, 3.8) is 0 Å². The van der Waals surface area contributed by atoms with Gasteiger partial charge in [0.1, 0.15) is 11.2 Å². The summed E-state index contributed by atoms with van der Waals surface area (Å²) in [6.45, 7) is 0. The molecule has 13 aromatic rings. The molecule has 0 unspecified atom stereocenters. The second kappa shape index (κ2) is 14.5. The van der Waals surface area contributed by atoms with Gasteiger partial charge in [-0.3, -0.25) is 9.97 Å². The number of nitrogens with zero attached hydrogens (tertiary/aromatic N) is 2. The molecule has 5 heterocycles. The van der Waals surface area contributed by atoms with Crippen molar-refractivity contribution in [1.82, 2.24) is 9.97 Å². The number of pyridine rings is 2. The first-order chi connectivity index (χ1) is 31.2. The van der Waals surface area contributed by atoms with Crippen LogP contribution in [0.2, 0.25) is 0 Å². The summed E-state index contributed by atoms with van der Waals surface area (Å²) in [6.07, 6.45) is 3.72. The molecule has 8 aromatic carbocycles. The molecule has 0 radical (unpaired) electrons. The molecule has 0 bridgehead atoms. The minimum atomic E-state index is 0.891. The van der Waals surface area contributed by atoms with Gasteiger partial charge in [0.05, 0.1) is 11.4 Å². The Morgan fingerprint density at radius 3 is 1.02 bits per heavy atom. The maximum Gasteiger partial charge on any atom is 0.135 e. The predicted molar refractivity (Wildman–Crippen MR) is 268 cm³/mol. The van der Waals surface area contributed by atoms with Gasteiger partial charge in [0.25, 0.3) is 0 Å². The molecule has 0 atom stereocenters. The summed E-state index contributed by atoms with van der Waals surface area (Å²) in [7, 11) is 0. The summed E-state index contributed by atoms with van der Waals surface area (Å²) < 4.78 is 11.6. The Morgan fingerprint density at radius 1 is 0.286 bits per heavy atom. The molecule has 0 saturated carbocycles. The maximum absolute atomic E-state index is 6.45. The summed E-state index contributed by atoms with van der Waals surface area (Å²) in [4.78, 5) is 9.35. The van der Waals surface area contributed by atoms with Crippen LogP contribution in [-0.4, -0.2) is 9.97 Å². The number of rotatable bonds is 6. The van der Waals surface area contributed by atoms with Gasteiger partial charge in [0.2, 0.25) is 0 Å². The zero-order valence-electron chi connectivity index (χ0n) is 33.7. The van der Waals surface area contributed by atoms with Gasteiger partial charge in [0, 0.05) is 74.6 Å². The van der Waals surface area contributed by atoms with Crippen LogP contribution < -0.4 is 0 Å². The van der Waals surface area contributed by atoms with Crippen molar-refractivity contribution in [2.45, 2.75) is 0 Å². The SMILES string of the molecule is c1ccc(-c2ccccc2-c2ccc3sc4ccc(-c5ccc6oc7ccc(-c8ccc9sc%10ccc(-c%11ccccc%11-c%11ccccn%11)cc%10c9c8)cc7c6c5)cc4c3c2)nc1. The molecule has 0 aliphatic heterocycles. The quantitative estimate of drug-likeness (QED) is 0.167. The average molecular weight is 839 g/mol. The molecule has 0 N–H and O–H groups in total. The lowest BCUT2D eigenvalue weighted by atomic mass is 9.95. The highest BCUT2D eigenvalue weighted by molar-refractivity contribution is 7.26. The molecular weight excluding hydrogens is 805 g/mol. The van der Waals surface area contributed by atoms with Gasteiger partial charge in [-0.1, -0.05) is 97.1 Å². The van der Waals surface area contributed by atoms with E-state index in [1.165, 1.54) is 84.9 Å². The van der Waals surface area contributed by atoms with Crippen LogP contribution in [0, 0.1) is 0 Å². The van der Waals surface area contributed by atoms with Crippen molar-refractivity contribution < 1.29 is 4.42 Å². The number of furan rings is 1. The molecule has 63 heavy (non-hydrogen) atoms. The smallest absolute Gasteiger partial charge is 0.135 e. The van der Waals surface area contributed by atoms with Crippen molar-refractivity contribution in [2.75, 3.05) is 0 Å². The van der Waals surface area contributed by atoms with Crippen LogP contribution in [0.4, 0.5) is 0 Å². The van der Waals surface area contributed by atoms with E-state index in [1.807, 2.05) is 59.3 Å². The van der Waals surface area contributed by atoms with Crippen LogP contribution in [0.25, 0.3) is 129 Å². The minimum Gasteiger partial charge on any atom is -0.456 e. The molecule has 0 amide bonds. The fourth-order valence-corrected chi connectivity index (χ4v) is 11.5. The average Bonchev–Trinajstić information content (AvgIpc) is 4.04. The predicted octanol–water partition coefficient (Wildman–Crippen LogP) is 17.1. The third kappa shape index (κ3) is 6.08. The topological polar surface area (TPSA) is 38.9 Å². The number of aromatic nitrogens is 2. The molecule has 5 heteroatoms. The van der Waals surface area contributed by atoms with Crippen molar-refractivity contribution >= 4 is 85.0 Å². The first kappa shape index (κ1) is 36.0. The minimum absolute atomic E-state index is 0.891. The molecule has 0 spiro atoms. The van der Waals surface area contributed by atoms with Crippen LogP contribution in [-0.2, 0) is 0 Å². The first-order valence-electron chi connectivity index (χ1n) is 21.1. The van der Waals surface area contributed by atoms with E-state index in [2.05, 4.69) is 180 Å². The lowest BCUT2D eigenvalue weighted by Crippen LogP contribution is -1.87. The van der Waals surface area contributed by atoms with Gasteiger partial charge >= 0.3 is 0 Å². The second-order valence-corrected chi connectivity index (χ2v) is 18.3. The Labute approximate surface area is 370 Å². The first-order valence-corrected chi connectivity index (χ1v) is 22.7. The largest absolute Gasteiger partial charge is 0.456 e. The molecule has 0 aliphatic rings. The fraction of sp³-hybridized carbons (Fsp3) is 0. The molecule has 294 valence electrons. The summed E-state index contributed by atoms with van der Waals surface area (Å²) in [5, 5.41) is 7.31. The van der Waals surface area contributed by atoms with Crippen LogP contribution in [0.3, 0.4) is 0 Å². The number of hydrogen-bond acceptors (Lipinski definition) is 5. The van der Waals surface area contributed by atoms with Crippen molar-refractivity contribution in [1.29, 1.82) is 0 Å². The molecule has 13 rings (SSSR count). The zero-order valence-corrected chi connectivity index (χ0v) is 35.4. The van der Waals surface area contributed by atoms with Crippen LogP contribution >= 0.6 is 22.7 Å². The number of hydrogen-bond donors (Lipinski definition) is 0. The van der Waals surface area contributed by atoms with Gasteiger partial charge < -0.3 is 4.42 Å². The van der Waals surface area contributed by atoms with Crippen molar-refractivity contribution in [3.05, 3.63) is 207 Å². The third-order valence-electron chi connectivity index (χ3n) is 12.4. The van der Waals surface area contributed by atoms with E-state index in [9.17, 15) is 0 Å².